The van der Waals surface area contributed by atoms with Gasteiger partial charge in [-0.2, -0.15) is 0 Å². The lowest BCUT2D eigenvalue weighted by atomic mass is 10.00. The minimum absolute atomic E-state index is 0.874. The van der Waals surface area contributed by atoms with E-state index in [-0.39, 0.29) is 0 Å². The van der Waals surface area contributed by atoms with Crippen LogP contribution < -0.4 is 9.80 Å². The molecule has 0 fully saturated rings. The maximum atomic E-state index is 6.73. The number of hydrogen-bond acceptors (Lipinski definition) is 3. The lowest BCUT2D eigenvalue weighted by Crippen LogP contribution is -2.11. The minimum Gasteiger partial charge on any atom is -0.456 e. The summed E-state index contributed by atoms with van der Waals surface area (Å²) in [5.74, 6) is 0. The summed E-state index contributed by atoms with van der Waals surface area (Å²) in [6.45, 7) is 0. The molecule has 0 N–H and O–H groups in total. The number of para-hydroxylation sites is 4. The third-order valence-corrected chi connectivity index (χ3v) is 11.4. The van der Waals surface area contributed by atoms with Crippen molar-refractivity contribution in [1.29, 1.82) is 0 Å². The highest BCUT2D eigenvalue weighted by atomic mass is 16.3. The zero-order valence-corrected chi connectivity index (χ0v) is 32.2. The Bertz CT molecular complexity index is 3050. The molecule has 0 saturated heterocycles. The second kappa shape index (κ2) is 14.6. The highest BCUT2D eigenvalue weighted by Crippen LogP contribution is 2.44. The molecule has 1 aromatic heterocycles. The van der Waals surface area contributed by atoms with Crippen LogP contribution in [-0.2, 0) is 0 Å². The van der Waals surface area contributed by atoms with E-state index >= 15 is 0 Å². The molecule has 11 aromatic rings. The number of fused-ring (bicyclic) bond motifs is 5. The van der Waals surface area contributed by atoms with Crippen molar-refractivity contribution in [3.63, 3.8) is 0 Å². The van der Waals surface area contributed by atoms with Crippen LogP contribution >= 0.6 is 0 Å². The first-order valence-electron chi connectivity index (χ1n) is 20.1. The summed E-state index contributed by atoms with van der Waals surface area (Å²) in [6.07, 6.45) is 0. The van der Waals surface area contributed by atoms with Gasteiger partial charge in [0.15, 0.2) is 0 Å². The van der Waals surface area contributed by atoms with Crippen molar-refractivity contribution in [3.05, 3.63) is 231 Å². The molecule has 3 nitrogen and oxygen atoms in total. The predicted octanol–water partition coefficient (Wildman–Crippen LogP) is 16.2. The molecule has 3 heteroatoms. The van der Waals surface area contributed by atoms with Crippen LogP contribution in [0.2, 0.25) is 0 Å². The molecule has 59 heavy (non-hydrogen) atoms. The van der Waals surface area contributed by atoms with Gasteiger partial charge in [0, 0.05) is 44.6 Å². The Kier molecular flexibility index (Phi) is 8.49. The van der Waals surface area contributed by atoms with Gasteiger partial charge in [-0.15, -0.1) is 0 Å². The van der Waals surface area contributed by atoms with Gasteiger partial charge in [0.1, 0.15) is 11.2 Å². The summed E-state index contributed by atoms with van der Waals surface area (Å²) in [4.78, 5) is 4.71. The largest absolute Gasteiger partial charge is 0.456 e. The summed E-state index contributed by atoms with van der Waals surface area (Å²) in [5.41, 5.74) is 13.0. The van der Waals surface area contributed by atoms with E-state index in [1.807, 2.05) is 0 Å². The van der Waals surface area contributed by atoms with E-state index in [9.17, 15) is 0 Å². The Hall–Kier alpha value is -7.88. The van der Waals surface area contributed by atoms with Crippen molar-refractivity contribution in [2.45, 2.75) is 0 Å². The van der Waals surface area contributed by atoms with E-state index in [1.165, 1.54) is 33.0 Å². The molecular weight excluding hydrogens is 717 g/mol. The molecule has 0 aliphatic heterocycles. The average molecular weight is 755 g/mol. The zero-order chi connectivity index (χ0) is 39.1. The number of hydrogen-bond donors (Lipinski definition) is 0. The maximum Gasteiger partial charge on any atom is 0.136 e. The van der Waals surface area contributed by atoms with E-state index in [4.69, 9.17) is 4.42 Å². The lowest BCUT2D eigenvalue weighted by Gasteiger charge is -2.28. The number of anilines is 6. The van der Waals surface area contributed by atoms with Crippen LogP contribution in [0.1, 0.15) is 0 Å². The SMILES string of the molecule is c1ccc(-c2ccccc2N(c2ccccc2)c2ccc3cc4c(cc3c2)oc2cc3cc(N(c5ccccc5)c5ccccc5-c5ccccc5)ccc3cc24)cc1. The molecule has 0 atom stereocenters. The summed E-state index contributed by atoms with van der Waals surface area (Å²) < 4.78 is 6.73. The predicted molar refractivity (Wildman–Crippen MR) is 249 cm³/mol. The Labute approximate surface area is 343 Å². The third kappa shape index (κ3) is 6.26. The standard InChI is InChI=1S/C56H38N2O/c1-5-17-39(18-6-1)49-25-13-15-27-53(49)57(45-21-9-3-10-22-45)47-31-29-41-35-51-52-36-42-30-32-48(34-44(42)38-56(52)59-55(51)37-43(41)33-47)58(46-23-11-4-12-24-46)54-28-16-14-26-50(54)40-19-7-2-8-20-40/h1-38H. The Morgan fingerprint density at radius 3 is 1.07 bits per heavy atom. The van der Waals surface area contributed by atoms with Crippen LogP contribution in [0.25, 0.3) is 65.7 Å². The number of benzene rings is 10. The Morgan fingerprint density at radius 2 is 0.644 bits per heavy atom. The second-order valence-corrected chi connectivity index (χ2v) is 15.0. The maximum absolute atomic E-state index is 6.73. The van der Waals surface area contributed by atoms with Crippen molar-refractivity contribution in [2.75, 3.05) is 9.80 Å². The van der Waals surface area contributed by atoms with Crippen LogP contribution in [0.4, 0.5) is 34.1 Å². The number of nitrogens with zero attached hydrogens (tertiary/aromatic N) is 2. The van der Waals surface area contributed by atoms with Gasteiger partial charge >= 0.3 is 0 Å². The number of rotatable bonds is 8. The zero-order valence-electron chi connectivity index (χ0n) is 32.2. The fraction of sp³-hybridized carbons (Fsp3) is 0. The Morgan fingerprint density at radius 1 is 0.271 bits per heavy atom. The Balaban J connectivity index is 1.03. The highest BCUT2D eigenvalue weighted by molar-refractivity contribution is 6.14. The van der Waals surface area contributed by atoms with Gasteiger partial charge in [-0.25, -0.2) is 0 Å². The normalized spacial score (nSPS) is 11.4. The first-order chi connectivity index (χ1) is 29.2. The molecule has 0 saturated carbocycles. The van der Waals surface area contributed by atoms with Gasteiger partial charge in [-0.1, -0.05) is 146 Å². The molecule has 0 bridgehead atoms. The summed E-state index contributed by atoms with van der Waals surface area (Å²) in [5, 5.41) is 6.80. The molecule has 0 radical (unpaired) electrons. The van der Waals surface area contributed by atoms with Crippen molar-refractivity contribution in [3.8, 4) is 22.3 Å². The fourth-order valence-electron chi connectivity index (χ4n) is 8.58. The van der Waals surface area contributed by atoms with E-state index < -0.39 is 0 Å². The molecule has 0 aliphatic carbocycles. The van der Waals surface area contributed by atoms with Crippen LogP contribution in [0.15, 0.2) is 235 Å². The van der Waals surface area contributed by atoms with Gasteiger partial charge in [0.25, 0.3) is 0 Å². The average Bonchev–Trinajstić information content (AvgIpc) is 3.65. The summed E-state index contributed by atoms with van der Waals surface area (Å²) in [6, 6.07) is 82.2. The van der Waals surface area contributed by atoms with Crippen molar-refractivity contribution >= 4 is 77.6 Å². The highest BCUT2D eigenvalue weighted by Gasteiger charge is 2.20. The van der Waals surface area contributed by atoms with E-state index in [0.29, 0.717) is 0 Å². The molecular formula is C56H38N2O. The lowest BCUT2D eigenvalue weighted by molar-refractivity contribution is 0.670. The molecule has 0 amide bonds. The summed E-state index contributed by atoms with van der Waals surface area (Å²) in [7, 11) is 0. The molecule has 1 heterocycles. The smallest absolute Gasteiger partial charge is 0.136 e. The van der Waals surface area contributed by atoms with Crippen molar-refractivity contribution in [1.82, 2.24) is 0 Å². The topological polar surface area (TPSA) is 19.6 Å². The fourth-order valence-corrected chi connectivity index (χ4v) is 8.58. The minimum atomic E-state index is 0.874. The molecule has 11 rings (SSSR count). The van der Waals surface area contributed by atoms with Crippen LogP contribution in [0.3, 0.4) is 0 Å². The van der Waals surface area contributed by atoms with E-state index in [2.05, 4.69) is 240 Å². The van der Waals surface area contributed by atoms with Gasteiger partial charge in [-0.3, -0.25) is 0 Å². The summed E-state index contributed by atoms with van der Waals surface area (Å²) >= 11 is 0. The van der Waals surface area contributed by atoms with E-state index in [1.54, 1.807) is 0 Å². The molecule has 0 aliphatic rings. The van der Waals surface area contributed by atoms with Gasteiger partial charge < -0.3 is 14.2 Å². The second-order valence-electron chi connectivity index (χ2n) is 15.0. The molecule has 0 unspecified atom stereocenters. The van der Waals surface area contributed by atoms with Gasteiger partial charge in [-0.05, 0) is 118 Å². The monoisotopic (exact) mass is 754 g/mol. The first-order valence-corrected chi connectivity index (χ1v) is 20.1. The van der Waals surface area contributed by atoms with Crippen molar-refractivity contribution < 1.29 is 4.42 Å². The van der Waals surface area contributed by atoms with Crippen molar-refractivity contribution in [2.24, 2.45) is 0 Å². The first kappa shape index (κ1) is 34.4. The molecule has 278 valence electrons. The van der Waals surface area contributed by atoms with Crippen LogP contribution in [0, 0.1) is 0 Å². The quantitative estimate of drug-likeness (QED) is 0.154. The van der Waals surface area contributed by atoms with E-state index in [0.717, 1.165) is 66.8 Å². The van der Waals surface area contributed by atoms with Gasteiger partial charge in [0.05, 0.1) is 11.4 Å². The van der Waals surface area contributed by atoms with Crippen LogP contribution in [-0.4, -0.2) is 0 Å². The third-order valence-electron chi connectivity index (χ3n) is 11.4. The molecule has 10 aromatic carbocycles. The van der Waals surface area contributed by atoms with Gasteiger partial charge in [0.2, 0.25) is 0 Å². The van der Waals surface area contributed by atoms with Crippen LogP contribution in [0.5, 0.6) is 0 Å². The number of furan rings is 1. The molecule has 0 spiro atoms.